The number of amides is 3. The second kappa shape index (κ2) is 13.6. The second-order valence-corrected chi connectivity index (χ2v) is 13.8. The molecule has 4 saturated heterocycles. The van der Waals surface area contributed by atoms with Crippen LogP contribution in [-0.2, 0) is 30.4 Å². The largest absolute Gasteiger partial charge is 0.573 e. The molecule has 256 valence electrons. The monoisotopic (exact) mass is 656 g/mol. The Morgan fingerprint density at radius 1 is 1.02 bits per heavy atom. The van der Waals surface area contributed by atoms with Gasteiger partial charge in [-0.25, -0.2) is 0 Å². The van der Waals surface area contributed by atoms with Gasteiger partial charge < -0.3 is 39.5 Å². The molecule has 1 aromatic rings. The molecule has 12 nitrogen and oxygen atoms in total. The summed E-state index contributed by atoms with van der Waals surface area (Å²) < 4.78 is 53.8. The Labute approximate surface area is 265 Å². The second-order valence-electron chi connectivity index (χ2n) is 13.8. The third-order valence-electron chi connectivity index (χ3n) is 8.75. The van der Waals surface area contributed by atoms with E-state index in [1.807, 2.05) is 25.7 Å². The minimum Gasteiger partial charge on any atom is -0.406 e. The Morgan fingerprint density at radius 3 is 2.39 bits per heavy atom. The summed E-state index contributed by atoms with van der Waals surface area (Å²) in [5, 5.41) is 24.5. The fraction of sp³-hybridized carbons (Fsp3) is 0.710. The molecule has 1 aromatic carbocycles. The van der Waals surface area contributed by atoms with Crippen molar-refractivity contribution in [2.75, 3.05) is 39.3 Å². The molecule has 3 amide bonds. The number of hydrogen-bond acceptors (Lipinski definition) is 9. The molecule has 0 aliphatic carbocycles. The predicted octanol–water partition coefficient (Wildman–Crippen LogP) is 1.03. The molecule has 0 unspecified atom stereocenters. The number of fused-ring (bicyclic) bond motifs is 6. The molecule has 46 heavy (non-hydrogen) atoms. The number of rotatable bonds is 4. The minimum absolute atomic E-state index is 0.0229. The number of morpholine rings is 1. The summed E-state index contributed by atoms with van der Waals surface area (Å²) in [6.45, 7) is 7.23. The van der Waals surface area contributed by atoms with Crippen LogP contribution >= 0.6 is 0 Å². The third kappa shape index (κ3) is 8.68. The number of ether oxygens (including phenoxy) is 3. The summed E-state index contributed by atoms with van der Waals surface area (Å²) in [6, 6.07) is 4.36. The first-order chi connectivity index (χ1) is 21.5. The molecule has 4 heterocycles. The average molecular weight is 657 g/mol. The topological polar surface area (TPSA) is 141 Å². The van der Waals surface area contributed by atoms with Gasteiger partial charge in [-0.05, 0) is 29.5 Å². The smallest absolute Gasteiger partial charge is 0.406 e. The Hall–Kier alpha value is -2.98. The van der Waals surface area contributed by atoms with Crippen molar-refractivity contribution in [1.29, 1.82) is 0 Å². The summed E-state index contributed by atoms with van der Waals surface area (Å²) in [5.41, 5.74) is 0.325. The van der Waals surface area contributed by atoms with Crippen molar-refractivity contribution in [2.45, 2.75) is 95.5 Å². The van der Waals surface area contributed by atoms with E-state index in [-0.39, 0.29) is 75.0 Å². The van der Waals surface area contributed by atoms with E-state index >= 15 is 0 Å². The van der Waals surface area contributed by atoms with Crippen LogP contribution in [0.25, 0.3) is 0 Å². The summed E-state index contributed by atoms with van der Waals surface area (Å²) in [5.74, 6) is -1.15. The lowest BCUT2D eigenvalue weighted by atomic mass is 9.91. The van der Waals surface area contributed by atoms with Crippen molar-refractivity contribution in [3.63, 3.8) is 0 Å². The highest BCUT2D eigenvalue weighted by Crippen LogP contribution is 2.29. The number of carbonyl (C=O) groups excluding carboxylic acids is 3. The zero-order valence-electron chi connectivity index (χ0n) is 26.2. The van der Waals surface area contributed by atoms with Crippen molar-refractivity contribution < 1.29 is 52.0 Å². The molecule has 3 N–H and O–H groups in total. The lowest BCUT2D eigenvalue weighted by molar-refractivity contribution is -0.274. The zero-order chi connectivity index (χ0) is 33.4. The van der Waals surface area contributed by atoms with Crippen LogP contribution in [0.3, 0.4) is 0 Å². The minimum atomic E-state index is -4.82. The Kier molecular flexibility index (Phi) is 10.2. The number of benzene rings is 1. The van der Waals surface area contributed by atoms with Gasteiger partial charge >= 0.3 is 6.36 Å². The lowest BCUT2D eigenvalue weighted by Crippen LogP contribution is -2.55. The van der Waals surface area contributed by atoms with Crippen molar-refractivity contribution in [2.24, 2.45) is 5.41 Å². The molecule has 4 fully saturated rings. The van der Waals surface area contributed by atoms with Gasteiger partial charge in [0.05, 0.1) is 31.3 Å². The Bertz CT molecular complexity index is 1260. The maximum atomic E-state index is 14.0. The van der Waals surface area contributed by atoms with E-state index in [2.05, 4.69) is 10.1 Å². The van der Waals surface area contributed by atoms with Crippen LogP contribution in [0.2, 0.25) is 0 Å². The quantitative estimate of drug-likeness (QED) is 0.434. The van der Waals surface area contributed by atoms with Crippen LogP contribution in [0.5, 0.6) is 5.75 Å². The van der Waals surface area contributed by atoms with E-state index in [1.54, 1.807) is 9.80 Å². The molecular formula is C31H43F3N4O8. The Morgan fingerprint density at radius 2 is 1.72 bits per heavy atom. The van der Waals surface area contributed by atoms with E-state index in [0.29, 0.717) is 18.7 Å². The fourth-order valence-corrected chi connectivity index (χ4v) is 6.63. The highest BCUT2D eigenvalue weighted by atomic mass is 19.4. The van der Waals surface area contributed by atoms with E-state index in [9.17, 15) is 37.8 Å². The lowest BCUT2D eigenvalue weighted by Gasteiger charge is -2.39. The van der Waals surface area contributed by atoms with Gasteiger partial charge in [-0.2, -0.15) is 0 Å². The number of nitrogens with one attached hydrogen (secondary N) is 1. The van der Waals surface area contributed by atoms with E-state index < -0.39 is 54.9 Å². The number of aliphatic hydroxyl groups is 2. The SMILES string of the molecule is CC(C)(C)CC(=O)N1C[C@@H]2CN(CCO2)C(=O)[C@@H]2C[C@@H](CN2Cc2ccc(OC(F)(F)F)cc2)NC(=O)C[C@@H]2O[C@H](C1)[C@@H](O)[C@H]2O. The number of halogens is 3. The maximum Gasteiger partial charge on any atom is 0.573 e. The van der Waals surface area contributed by atoms with Gasteiger partial charge in [0.25, 0.3) is 0 Å². The normalized spacial score (nSPS) is 31.6. The van der Waals surface area contributed by atoms with Crippen molar-refractivity contribution in [3.8, 4) is 5.75 Å². The molecule has 0 saturated carbocycles. The number of aliphatic hydroxyl groups excluding tert-OH is 2. The maximum absolute atomic E-state index is 14.0. The molecule has 15 heteroatoms. The van der Waals surface area contributed by atoms with E-state index in [1.165, 1.54) is 24.3 Å². The van der Waals surface area contributed by atoms with Crippen LogP contribution in [0.15, 0.2) is 24.3 Å². The number of hydrogen-bond donors (Lipinski definition) is 3. The van der Waals surface area contributed by atoms with Crippen LogP contribution in [0.4, 0.5) is 13.2 Å². The van der Waals surface area contributed by atoms with Crippen LogP contribution in [-0.4, -0.2) is 131 Å². The molecule has 4 aliphatic rings. The summed E-state index contributed by atoms with van der Waals surface area (Å²) in [4.78, 5) is 45.7. The zero-order valence-corrected chi connectivity index (χ0v) is 26.2. The molecule has 0 spiro atoms. The molecule has 5 rings (SSSR count). The number of carbonyl (C=O) groups is 3. The van der Waals surface area contributed by atoms with Gasteiger partial charge in [0.15, 0.2) is 0 Å². The molecule has 0 aromatic heterocycles. The first kappa shape index (κ1) is 34.4. The number of alkyl halides is 3. The number of likely N-dealkylation sites (tertiary alicyclic amines) is 1. The van der Waals surface area contributed by atoms with Gasteiger partial charge in [0.1, 0.15) is 24.1 Å². The van der Waals surface area contributed by atoms with E-state index in [0.717, 1.165) is 0 Å². The predicted molar refractivity (Wildman–Crippen MR) is 156 cm³/mol. The van der Waals surface area contributed by atoms with Crippen LogP contribution in [0.1, 0.15) is 45.6 Å². The van der Waals surface area contributed by atoms with Crippen LogP contribution < -0.4 is 10.1 Å². The molecule has 0 radical (unpaired) electrons. The molecule has 7 atom stereocenters. The molecular weight excluding hydrogens is 613 g/mol. The first-order valence-corrected chi connectivity index (χ1v) is 15.6. The van der Waals surface area contributed by atoms with Gasteiger partial charge in [-0.15, -0.1) is 13.2 Å². The van der Waals surface area contributed by atoms with Gasteiger partial charge in [-0.1, -0.05) is 32.9 Å². The summed E-state index contributed by atoms with van der Waals surface area (Å²) in [7, 11) is 0. The summed E-state index contributed by atoms with van der Waals surface area (Å²) in [6.07, 6.45) is -9.65. The fourth-order valence-electron chi connectivity index (χ4n) is 6.63. The highest BCUT2D eigenvalue weighted by Gasteiger charge is 2.46. The standard InChI is InChI=1S/C31H43F3N4O8/c1-30(2,3)12-26(40)38-16-21-15-36(8-9-44-21)29(43)22-10-19(35-25(39)11-23-27(41)28(42)24(17-38)45-23)14-37(22)13-18-4-6-20(7-5-18)46-31(32,33)34/h4-7,19,21-24,27-28,41-42H,8-17H2,1-3H3,(H,35,39)/t19-,21-,22-,23-,24+,27-,28+/m0/s1. The average Bonchev–Trinajstić information content (AvgIpc) is 3.46. The van der Waals surface area contributed by atoms with Crippen molar-refractivity contribution >= 4 is 17.7 Å². The first-order valence-electron chi connectivity index (χ1n) is 15.6. The van der Waals surface area contributed by atoms with Gasteiger partial charge in [0.2, 0.25) is 17.7 Å². The summed E-state index contributed by atoms with van der Waals surface area (Å²) >= 11 is 0. The Balaban J connectivity index is 1.38. The van der Waals surface area contributed by atoms with Gasteiger partial charge in [-0.3, -0.25) is 19.3 Å². The number of nitrogens with zero attached hydrogens (tertiary/aromatic N) is 3. The molecule has 6 bridgehead atoms. The third-order valence-corrected chi connectivity index (χ3v) is 8.75. The molecule has 4 aliphatic heterocycles. The van der Waals surface area contributed by atoms with Gasteiger partial charge in [0, 0.05) is 51.7 Å². The van der Waals surface area contributed by atoms with Crippen LogP contribution in [0, 0.1) is 5.41 Å². The van der Waals surface area contributed by atoms with Crippen molar-refractivity contribution in [3.05, 3.63) is 29.8 Å². The van der Waals surface area contributed by atoms with E-state index in [4.69, 9.17) is 9.47 Å². The van der Waals surface area contributed by atoms with Crippen molar-refractivity contribution in [1.82, 2.24) is 20.0 Å². The highest BCUT2D eigenvalue weighted by molar-refractivity contribution is 5.83.